The summed E-state index contributed by atoms with van der Waals surface area (Å²) < 4.78 is 29.0. The van der Waals surface area contributed by atoms with Gasteiger partial charge in [0, 0.05) is 25.6 Å². The van der Waals surface area contributed by atoms with E-state index in [1.54, 1.807) is 21.3 Å². The van der Waals surface area contributed by atoms with Crippen molar-refractivity contribution in [1.82, 2.24) is 5.32 Å². The molecule has 5 rings (SSSR count). The van der Waals surface area contributed by atoms with Gasteiger partial charge in [0.25, 0.3) is 0 Å². The third kappa shape index (κ3) is 2.39. The van der Waals surface area contributed by atoms with Gasteiger partial charge in [0.1, 0.15) is 17.2 Å². The third-order valence-electron chi connectivity index (χ3n) is 6.93. The van der Waals surface area contributed by atoms with Gasteiger partial charge in [0.2, 0.25) is 6.79 Å². The molecule has 2 N–H and O–H groups in total. The van der Waals surface area contributed by atoms with Crippen LogP contribution in [0.2, 0.25) is 0 Å². The Balaban J connectivity index is 1.86. The summed E-state index contributed by atoms with van der Waals surface area (Å²) in [5.74, 6) is 2.52. The monoisotopic (exact) mass is 425 g/mol. The van der Waals surface area contributed by atoms with Crippen LogP contribution in [0.15, 0.2) is 36.9 Å². The molecule has 164 valence electrons. The second-order valence-electron chi connectivity index (χ2n) is 8.04. The fourth-order valence-electron chi connectivity index (χ4n) is 5.70. The van der Waals surface area contributed by atoms with Crippen molar-refractivity contribution in [3.05, 3.63) is 59.2 Å². The highest BCUT2D eigenvalue weighted by Gasteiger charge is 2.66. The van der Waals surface area contributed by atoms with Gasteiger partial charge in [-0.3, -0.25) is 0 Å². The first-order valence-electron chi connectivity index (χ1n) is 10.4. The molecule has 2 aromatic rings. The Labute approximate surface area is 181 Å². The Morgan fingerprint density at radius 2 is 1.97 bits per heavy atom. The second-order valence-corrected chi connectivity index (χ2v) is 8.04. The third-order valence-corrected chi connectivity index (χ3v) is 6.93. The molecule has 0 bridgehead atoms. The minimum absolute atomic E-state index is 0.189. The zero-order chi connectivity index (χ0) is 21.8. The first-order chi connectivity index (χ1) is 15.1. The largest absolute Gasteiger partial charge is 0.493 e. The lowest BCUT2D eigenvalue weighted by Crippen LogP contribution is -2.61. The molecule has 0 amide bonds. The highest BCUT2D eigenvalue weighted by molar-refractivity contribution is 5.64. The standard InChI is InChI=1S/C24H27NO6/c1-5-9-23(29-4)20-15(6-7-17(27-2)21(20)28-3)22(26)24(23)16-12-19-18(30-13-31-19)11-14(16)8-10-25-24/h5-7,11-12,22,25-26H,1,8-10,13H2,2-4H3/t22-,23+,24-/m0/s1. The smallest absolute Gasteiger partial charge is 0.231 e. The zero-order valence-electron chi connectivity index (χ0n) is 18.0. The quantitative estimate of drug-likeness (QED) is 0.713. The van der Waals surface area contributed by atoms with E-state index < -0.39 is 17.2 Å². The number of aliphatic hydroxyl groups is 1. The summed E-state index contributed by atoms with van der Waals surface area (Å²) in [7, 11) is 4.86. The van der Waals surface area contributed by atoms with Crippen LogP contribution in [0, 0.1) is 0 Å². The summed E-state index contributed by atoms with van der Waals surface area (Å²) in [6.45, 7) is 4.85. The SMILES string of the molecule is C=CC[C@@]1(OC)c2c(ccc(OC)c2OC)[C@H](O)[C@]12NCCc1cc3c(cc12)OCO3. The molecule has 2 aliphatic heterocycles. The highest BCUT2D eigenvalue weighted by Crippen LogP contribution is 2.64. The van der Waals surface area contributed by atoms with Crippen LogP contribution in [0.25, 0.3) is 0 Å². The summed E-state index contributed by atoms with van der Waals surface area (Å²) in [5, 5.41) is 15.5. The molecule has 31 heavy (non-hydrogen) atoms. The van der Waals surface area contributed by atoms with E-state index in [0.717, 1.165) is 34.4 Å². The van der Waals surface area contributed by atoms with Crippen molar-refractivity contribution in [2.75, 3.05) is 34.7 Å². The average molecular weight is 425 g/mol. The molecule has 0 radical (unpaired) electrons. The Kier molecular flexibility index (Phi) is 4.66. The molecule has 1 spiro atoms. The molecular formula is C24H27NO6. The van der Waals surface area contributed by atoms with Crippen LogP contribution in [-0.2, 0) is 22.3 Å². The van der Waals surface area contributed by atoms with Gasteiger partial charge >= 0.3 is 0 Å². The number of aliphatic hydroxyl groups excluding tert-OH is 1. The minimum atomic E-state index is -0.994. The van der Waals surface area contributed by atoms with Gasteiger partial charge < -0.3 is 34.1 Å². The molecule has 7 nitrogen and oxygen atoms in total. The van der Waals surface area contributed by atoms with E-state index in [2.05, 4.69) is 11.9 Å². The number of fused-ring (bicyclic) bond motifs is 4. The Morgan fingerprint density at radius 1 is 1.19 bits per heavy atom. The summed E-state index contributed by atoms with van der Waals surface area (Å²) >= 11 is 0. The molecule has 0 unspecified atom stereocenters. The van der Waals surface area contributed by atoms with E-state index in [4.69, 9.17) is 23.7 Å². The highest BCUT2D eigenvalue weighted by atomic mass is 16.7. The molecule has 0 fully saturated rings. The topological polar surface area (TPSA) is 78.4 Å². The van der Waals surface area contributed by atoms with E-state index in [0.29, 0.717) is 30.2 Å². The van der Waals surface area contributed by atoms with Gasteiger partial charge in [-0.15, -0.1) is 6.58 Å². The molecular weight excluding hydrogens is 398 g/mol. The van der Waals surface area contributed by atoms with Crippen molar-refractivity contribution >= 4 is 0 Å². The van der Waals surface area contributed by atoms with Gasteiger partial charge in [-0.25, -0.2) is 0 Å². The van der Waals surface area contributed by atoms with E-state index in [9.17, 15) is 5.11 Å². The number of nitrogens with one attached hydrogen (secondary N) is 1. The van der Waals surface area contributed by atoms with Crippen molar-refractivity contribution in [3.63, 3.8) is 0 Å². The van der Waals surface area contributed by atoms with Crippen LogP contribution < -0.4 is 24.3 Å². The van der Waals surface area contributed by atoms with Gasteiger partial charge in [-0.05, 0) is 41.3 Å². The van der Waals surface area contributed by atoms with E-state index in [-0.39, 0.29) is 6.79 Å². The summed E-state index contributed by atoms with van der Waals surface area (Å²) in [5.41, 5.74) is 1.54. The Hall–Kier alpha value is -2.74. The maximum atomic E-state index is 11.9. The van der Waals surface area contributed by atoms with Crippen LogP contribution in [0.4, 0.5) is 0 Å². The molecule has 3 atom stereocenters. The zero-order valence-corrected chi connectivity index (χ0v) is 18.0. The molecule has 0 saturated carbocycles. The fourth-order valence-corrected chi connectivity index (χ4v) is 5.70. The number of methoxy groups -OCH3 is 3. The molecule has 2 aromatic carbocycles. The maximum Gasteiger partial charge on any atom is 0.231 e. The van der Waals surface area contributed by atoms with E-state index in [1.807, 2.05) is 30.3 Å². The molecule has 1 aliphatic carbocycles. The van der Waals surface area contributed by atoms with Crippen LogP contribution in [0.5, 0.6) is 23.0 Å². The molecule has 2 heterocycles. The van der Waals surface area contributed by atoms with Crippen molar-refractivity contribution in [1.29, 1.82) is 0 Å². The Bertz CT molecular complexity index is 1050. The van der Waals surface area contributed by atoms with E-state index >= 15 is 0 Å². The average Bonchev–Trinajstić information content (AvgIpc) is 3.33. The number of ether oxygens (including phenoxy) is 5. The van der Waals surface area contributed by atoms with Gasteiger partial charge in [0.15, 0.2) is 23.0 Å². The lowest BCUT2D eigenvalue weighted by Gasteiger charge is -2.50. The van der Waals surface area contributed by atoms with Gasteiger partial charge in [-0.2, -0.15) is 0 Å². The van der Waals surface area contributed by atoms with Gasteiger partial charge in [0.05, 0.1) is 14.2 Å². The first kappa shape index (κ1) is 20.2. The number of rotatable bonds is 5. The lowest BCUT2D eigenvalue weighted by molar-refractivity contribution is -0.126. The minimum Gasteiger partial charge on any atom is -0.493 e. The van der Waals surface area contributed by atoms with E-state index in [1.165, 1.54) is 0 Å². The predicted molar refractivity (Wildman–Crippen MR) is 114 cm³/mol. The normalized spacial score (nSPS) is 27.7. The molecule has 0 saturated heterocycles. The Morgan fingerprint density at radius 3 is 2.65 bits per heavy atom. The van der Waals surface area contributed by atoms with Crippen molar-refractivity contribution in [3.8, 4) is 23.0 Å². The van der Waals surface area contributed by atoms with Gasteiger partial charge in [-0.1, -0.05) is 12.1 Å². The van der Waals surface area contributed by atoms with Crippen LogP contribution in [0.1, 0.15) is 34.8 Å². The van der Waals surface area contributed by atoms with Crippen LogP contribution in [0.3, 0.4) is 0 Å². The summed E-state index contributed by atoms with van der Waals surface area (Å²) in [6.07, 6.45) is 2.15. The van der Waals surface area contributed by atoms with Crippen molar-refractivity contribution in [2.45, 2.75) is 30.1 Å². The number of hydrogen-bond donors (Lipinski definition) is 2. The summed E-state index contributed by atoms with van der Waals surface area (Å²) in [6, 6.07) is 7.69. The molecule has 7 heteroatoms. The number of benzene rings is 2. The molecule has 0 aromatic heterocycles. The van der Waals surface area contributed by atoms with Crippen LogP contribution >= 0.6 is 0 Å². The van der Waals surface area contributed by atoms with Crippen molar-refractivity contribution < 1.29 is 28.8 Å². The second kappa shape index (κ2) is 7.15. The fraction of sp³-hybridized carbons (Fsp3) is 0.417. The van der Waals surface area contributed by atoms with Crippen molar-refractivity contribution in [2.24, 2.45) is 0 Å². The number of hydrogen-bond acceptors (Lipinski definition) is 7. The lowest BCUT2D eigenvalue weighted by atomic mass is 9.68. The summed E-state index contributed by atoms with van der Waals surface area (Å²) in [4.78, 5) is 0. The predicted octanol–water partition coefficient (Wildman–Crippen LogP) is 2.94. The van der Waals surface area contributed by atoms with Crippen LogP contribution in [-0.4, -0.2) is 39.8 Å². The first-order valence-corrected chi connectivity index (χ1v) is 10.4. The maximum absolute atomic E-state index is 11.9. The molecule has 3 aliphatic rings.